The Morgan fingerprint density at radius 3 is 2.81 bits per heavy atom. The molecule has 0 N–H and O–H groups in total. The fourth-order valence-electron chi connectivity index (χ4n) is 2.32. The zero-order chi connectivity index (χ0) is 15.0. The fraction of sp³-hybridized carbons (Fsp3) is 0.357. The predicted octanol–water partition coefficient (Wildman–Crippen LogP) is 2.52. The lowest BCUT2D eigenvalue weighted by Gasteiger charge is -2.08. The maximum absolute atomic E-state index is 6.26. The van der Waals surface area contributed by atoms with Crippen LogP contribution in [0, 0.1) is 0 Å². The zero-order valence-electron chi connectivity index (χ0n) is 12.1. The first-order chi connectivity index (χ1) is 10.1. The zero-order valence-corrected chi connectivity index (χ0v) is 12.9. The van der Waals surface area contributed by atoms with Crippen molar-refractivity contribution in [1.82, 2.24) is 24.3 Å². The summed E-state index contributed by atoms with van der Waals surface area (Å²) in [7, 11) is 3.49. The molecule has 1 unspecified atom stereocenters. The Hall–Kier alpha value is -2.08. The van der Waals surface area contributed by atoms with Crippen LogP contribution in [0.25, 0.3) is 11.0 Å². The maximum atomic E-state index is 6.26. The average Bonchev–Trinajstić information content (AvgIpc) is 3.03. The van der Waals surface area contributed by atoms with Gasteiger partial charge in [0.05, 0.1) is 30.1 Å². The molecule has 0 fully saturated rings. The molecule has 3 rings (SSSR count). The third-order valence-electron chi connectivity index (χ3n) is 3.29. The van der Waals surface area contributed by atoms with Crippen LogP contribution in [0.3, 0.4) is 0 Å². The van der Waals surface area contributed by atoms with Crippen LogP contribution < -0.4 is 4.74 Å². The maximum Gasteiger partial charge on any atom is 0.170 e. The van der Waals surface area contributed by atoms with E-state index >= 15 is 0 Å². The van der Waals surface area contributed by atoms with Gasteiger partial charge < -0.3 is 9.30 Å². The lowest BCUT2D eigenvalue weighted by atomic mass is 10.3. The molecule has 0 saturated carbocycles. The highest BCUT2D eigenvalue weighted by molar-refractivity contribution is 6.20. The van der Waals surface area contributed by atoms with E-state index in [9.17, 15) is 0 Å². The third kappa shape index (κ3) is 2.58. The molecular formula is C14H16ClN5O. The number of nitrogens with zero attached hydrogens (tertiary/aromatic N) is 5. The number of rotatable bonds is 4. The molecule has 0 spiro atoms. The highest BCUT2D eigenvalue weighted by Gasteiger charge is 2.16. The third-order valence-corrected chi connectivity index (χ3v) is 3.48. The monoisotopic (exact) mass is 305 g/mol. The van der Waals surface area contributed by atoms with Crippen molar-refractivity contribution in [3.05, 3.63) is 36.2 Å². The number of alkyl halides is 1. The molecule has 1 atom stereocenters. The number of imidazole rings is 1. The molecule has 6 nitrogen and oxygen atoms in total. The van der Waals surface area contributed by atoms with Crippen molar-refractivity contribution in [3.63, 3.8) is 0 Å². The largest absolute Gasteiger partial charge is 0.497 e. The summed E-state index contributed by atoms with van der Waals surface area (Å²) in [4.78, 5) is 8.88. The van der Waals surface area contributed by atoms with E-state index < -0.39 is 0 Å². The first-order valence-corrected chi connectivity index (χ1v) is 7.05. The molecule has 0 saturated heterocycles. The van der Waals surface area contributed by atoms with E-state index in [1.54, 1.807) is 18.1 Å². The van der Waals surface area contributed by atoms with E-state index in [1.807, 2.05) is 36.7 Å². The summed E-state index contributed by atoms with van der Waals surface area (Å²) >= 11 is 6.26. The first kappa shape index (κ1) is 13.9. The number of aromatic nitrogens is 5. The Morgan fingerprint density at radius 2 is 2.19 bits per heavy atom. The average molecular weight is 306 g/mol. The van der Waals surface area contributed by atoms with Crippen LogP contribution in [0.15, 0.2) is 24.5 Å². The van der Waals surface area contributed by atoms with Crippen LogP contribution in [-0.4, -0.2) is 31.4 Å². The van der Waals surface area contributed by atoms with Gasteiger partial charge in [-0.3, -0.25) is 4.68 Å². The van der Waals surface area contributed by atoms with E-state index in [1.165, 1.54) is 0 Å². The van der Waals surface area contributed by atoms with Gasteiger partial charge in [-0.25, -0.2) is 9.97 Å². The van der Waals surface area contributed by atoms with Crippen LogP contribution in [-0.2, 0) is 13.6 Å². The molecular weight excluding hydrogens is 290 g/mol. The second-order valence-electron chi connectivity index (χ2n) is 4.86. The van der Waals surface area contributed by atoms with Crippen molar-refractivity contribution < 1.29 is 4.74 Å². The van der Waals surface area contributed by atoms with Gasteiger partial charge in [-0.15, -0.1) is 11.6 Å². The minimum atomic E-state index is -0.202. The molecule has 1 aromatic carbocycles. The molecule has 0 aliphatic heterocycles. The summed E-state index contributed by atoms with van der Waals surface area (Å²) in [5, 5.41) is 4.11. The van der Waals surface area contributed by atoms with E-state index in [4.69, 9.17) is 16.3 Å². The van der Waals surface area contributed by atoms with Crippen LogP contribution in [0.4, 0.5) is 0 Å². The van der Waals surface area contributed by atoms with Gasteiger partial charge in [-0.2, -0.15) is 5.10 Å². The Morgan fingerprint density at radius 1 is 1.38 bits per heavy atom. The van der Waals surface area contributed by atoms with Crippen LogP contribution in [0.1, 0.15) is 23.9 Å². The minimum Gasteiger partial charge on any atom is -0.497 e. The van der Waals surface area contributed by atoms with Gasteiger partial charge in [-0.1, -0.05) is 0 Å². The molecule has 2 aromatic heterocycles. The molecule has 0 aliphatic carbocycles. The number of benzene rings is 1. The van der Waals surface area contributed by atoms with E-state index in [0.29, 0.717) is 6.54 Å². The van der Waals surface area contributed by atoms with Gasteiger partial charge in [0.25, 0.3) is 0 Å². The number of halogens is 1. The Balaban J connectivity index is 2.11. The number of methoxy groups -OCH3 is 1. The summed E-state index contributed by atoms with van der Waals surface area (Å²) in [6.07, 6.45) is 1.68. The molecule has 3 aromatic rings. The summed E-state index contributed by atoms with van der Waals surface area (Å²) in [5.74, 6) is 2.30. The molecule has 21 heavy (non-hydrogen) atoms. The molecule has 110 valence electrons. The highest BCUT2D eigenvalue weighted by atomic mass is 35.5. The smallest absolute Gasteiger partial charge is 0.170 e. The number of hydrogen-bond donors (Lipinski definition) is 0. The van der Waals surface area contributed by atoms with Crippen LogP contribution in [0.2, 0.25) is 0 Å². The Kier molecular flexibility index (Phi) is 3.55. The summed E-state index contributed by atoms with van der Waals surface area (Å²) in [6, 6.07) is 5.79. The molecule has 0 radical (unpaired) electrons. The normalized spacial score (nSPS) is 12.8. The number of hydrogen-bond acceptors (Lipinski definition) is 4. The molecule has 0 amide bonds. The van der Waals surface area contributed by atoms with Crippen molar-refractivity contribution >= 4 is 22.6 Å². The molecule has 0 bridgehead atoms. The van der Waals surface area contributed by atoms with Gasteiger partial charge in [0, 0.05) is 13.1 Å². The molecule has 2 heterocycles. The lowest BCUT2D eigenvalue weighted by Crippen LogP contribution is -2.07. The Labute approximate surface area is 127 Å². The van der Waals surface area contributed by atoms with Crippen LogP contribution >= 0.6 is 11.6 Å². The van der Waals surface area contributed by atoms with Gasteiger partial charge >= 0.3 is 0 Å². The summed E-state index contributed by atoms with van der Waals surface area (Å²) < 4.78 is 8.97. The van der Waals surface area contributed by atoms with E-state index in [-0.39, 0.29) is 5.38 Å². The quantitative estimate of drug-likeness (QED) is 0.695. The van der Waals surface area contributed by atoms with Crippen LogP contribution in [0.5, 0.6) is 5.75 Å². The number of aryl methyl sites for hydroxylation is 1. The van der Waals surface area contributed by atoms with Gasteiger partial charge in [0.1, 0.15) is 17.9 Å². The first-order valence-electron chi connectivity index (χ1n) is 6.61. The van der Waals surface area contributed by atoms with Crippen molar-refractivity contribution in [2.24, 2.45) is 7.05 Å². The Bertz CT molecular complexity index is 777. The predicted molar refractivity (Wildman–Crippen MR) is 80.7 cm³/mol. The minimum absolute atomic E-state index is 0.202. The number of fused-ring (bicyclic) bond motifs is 1. The second-order valence-corrected chi connectivity index (χ2v) is 5.52. The van der Waals surface area contributed by atoms with Crippen molar-refractivity contribution in [1.29, 1.82) is 0 Å². The lowest BCUT2D eigenvalue weighted by molar-refractivity contribution is 0.415. The topological polar surface area (TPSA) is 57.8 Å². The van der Waals surface area contributed by atoms with Gasteiger partial charge in [0.2, 0.25) is 0 Å². The van der Waals surface area contributed by atoms with Gasteiger partial charge in [-0.05, 0) is 19.1 Å². The number of ether oxygens (including phenoxy) is 1. The second kappa shape index (κ2) is 5.37. The summed E-state index contributed by atoms with van der Waals surface area (Å²) in [6.45, 7) is 2.44. The summed E-state index contributed by atoms with van der Waals surface area (Å²) in [5.41, 5.74) is 1.85. The molecule has 0 aliphatic rings. The highest BCUT2D eigenvalue weighted by Crippen LogP contribution is 2.27. The van der Waals surface area contributed by atoms with E-state index in [2.05, 4.69) is 15.1 Å². The fourth-order valence-corrected chi connectivity index (χ4v) is 2.49. The van der Waals surface area contributed by atoms with Crippen molar-refractivity contribution in [2.75, 3.05) is 7.11 Å². The van der Waals surface area contributed by atoms with E-state index in [0.717, 1.165) is 28.4 Å². The molecule has 7 heteroatoms. The SMILES string of the molecule is COc1ccc2c(c1)nc(C(C)Cl)n2Cc1ncn(C)n1. The van der Waals surface area contributed by atoms with Gasteiger partial charge in [0.15, 0.2) is 5.82 Å². The van der Waals surface area contributed by atoms with Crippen molar-refractivity contribution in [2.45, 2.75) is 18.8 Å². The standard InChI is InChI=1S/C14H16ClN5O/c1-9(15)14-17-11-6-10(21-3)4-5-12(11)20(14)7-13-16-8-19(2)18-13/h4-6,8-9H,7H2,1-3H3. The van der Waals surface area contributed by atoms with Crippen molar-refractivity contribution in [3.8, 4) is 5.75 Å².